The van der Waals surface area contributed by atoms with Crippen LogP contribution in [-0.2, 0) is 13.0 Å². The SMILES string of the molecule is CCCNCc1cnc(Cc2cccc(C)c2)nc1. The van der Waals surface area contributed by atoms with Crippen molar-refractivity contribution in [1.82, 2.24) is 15.3 Å². The number of aromatic nitrogens is 2. The fourth-order valence-corrected chi connectivity index (χ4v) is 1.98. The average Bonchev–Trinajstić information content (AvgIpc) is 2.41. The lowest BCUT2D eigenvalue weighted by atomic mass is 10.1. The molecule has 0 aliphatic carbocycles. The zero-order chi connectivity index (χ0) is 13.5. The first kappa shape index (κ1) is 13.7. The molecule has 0 spiro atoms. The van der Waals surface area contributed by atoms with Crippen LogP contribution in [0.1, 0.15) is 35.9 Å². The first-order chi connectivity index (χ1) is 9.28. The Balaban J connectivity index is 1.95. The average molecular weight is 255 g/mol. The van der Waals surface area contributed by atoms with Gasteiger partial charge in [0.05, 0.1) is 0 Å². The normalized spacial score (nSPS) is 10.6. The second-order valence-electron chi connectivity index (χ2n) is 4.85. The highest BCUT2D eigenvalue weighted by Gasteiger charge is 2.00. The summed E-state index contributed by atoms with van der Waals surface area (Å²) < 4.78 is 0. The molecule has 0 fully saturated rings. The summed E-state index contributed by atoms with van der Waals surface area (Å²) in [6.45, 7) is 6.14. The predicted molar refractivity (Wildman–Crippen MR) is 78.0 cm³/mol. The van der Waals surface area contributed by atoms with Gasteiger partial charge in [-0.05, 0) is 25.5 Å². The van der Waals surface area contributed by atoms with E-state index in [1.165, 1.54) is 11.1 Å². The summed E-state index contributed by atoms with van der Waals surface area (Å²) >= 11 is 0. The molecule has 1 heterocycles. The number of hydrogen-bond acceptors (Lipinski definition) is 3. The van der Waals surface area contributed by atoms with Crippen molar-refractivity contribution in [3.8, 4) is 0 Å². The van der Waals surface area contributed by atoms with E-state index in [4.69, 9.17) is 0 Å². The quantitative estimate of drug-likeness (QED) is 0.807. The maximum Gasteiger partial charge on any atom is 0.132 e. The van der Waals surface area contributed by atoms with Crippen molar-refractivity contribution in [3.63, 3.8) is 0 Å². The zero-order valence-electron chi connectivity index (χ0n) is 11.7. The van der Waals surface area contributed by atoms with Crippen molar-refractivity contribution >= 4 is 0 Å². The number of aryl methyl sites for hydroxylation is 1. The molecule has 1 aromatic heterocycles. The van der Waals surface area contributed by atoms with Crippen LogP contribution in [0.4, 0.5) is 0 Å². The molecule has 2 aromatic rings. The number of rotatable bonds is 6. The number of benzene rings is 1. The van der Waals surface area contributed by atoms with Gasteiger partial charge >= 0.3 is 0 Å². The Labute approximate surface area is 115 Å². The lowest BCUT2D eigenvalue weighted by molar-refractivity contribution is 0.670. The van der Waals surface area contributed by atoms with Crippen LogP contribution in [0.25, 0.3) is 0 Å². The Kier molecular flexibility index (Phi) is 5.04. The van der Waals surface area contributed by atoms with Gasteiger partial charge in [-0.15, -0.1) is 0 Å². The minimum absolute atomic E-state index is 0.796. The summed E-state index contributed by atoms with van der Waals surface area (Å²) in [6.07, 6.45) is 5.78. The maximum atomic E-state index is 4.43. The molecule has 100 valence electrons. The molecule has 0 radical (unpaired) electrons. The van der Waals surface area contributed by atoms with E-state index in [9.17, 15) is 0 Å². The third-order valence-electron chi connectivity index (χ3n) is 2.96. The van der Waals surface area contributed by atoms with Crippen molar-refractivity contribution in [3.05, 3.63) is 59.2 Å². The molecule has 0 atom stereocenters. The number of nitrogens with one attached hydrogen (secondary N) is 1. The highest BCUT2D eigenvalue weighted by molar-refractivity contribution is 5.24. The summed E-state index contributed by atoms with van der Waals surface area (Å²) in [7, 11) is 0. The molecule has 1 aromatic carbocycles. The van der Waals surface area contributed by atoms with Crippen molar-refractivity contribution in [2.45, 2.75) is 33.2 Å². The van der Waals surface area contributed by atoms with Crippen LogP contribution in [0, 0.1) is 6.92 Å². The number of nitrogens with zero attached hydrogens (tertiary/aromatic N) is 2. The van der Waals surface area contributed by atoms with Gasteiger partial charge < -0.3 is 5.32 Å². The maximum absolute atomic E-state index is 4.43. The molecule has 19 heavy (non-hydrogen) atoms. The third-order valence-corrected chi connectivity index (χ3v) is 2.96. The second-order valence-corrected chi connectivity index (χ2v) is 4.85. The van der Waals surface area contributed by atoms with Crippen LogP contribution in [0.3, 0.4) is 0 Å². The van der Waals surface area contributed by atoms with E-state index in [0.29, 0.717) is 0 Å². The van der Waals surface area contributed by atoms with Crippen LogP contribution < -0.4 is 5.32 Å². The van der Waals surface area contributed by atoms with Gasteiger partial charge in [-0.1, -0.05) is 36.8 Å². The van der Waals surface area contributed by atoms with Crippen LogP contribution in [0.5, 0.6) is 0 Å². The van der Waals surface area contributed by atoms with Gasteiger partial charge in [-0.3, -0.25) is 0 Å². The molecule has 0 unspecified atom stereocenters. The Morgan fingerprint density at radius 3 is 2.58 bits per heavy atom. The largest absolute Gasteiger partial charge is 0.313 e. The molecule has 3 heteroatoms. The predicted octanol–water partition coefficient (Wildman–Crippen LogP) is 2.88. The Morgan fingerprint density at radius 2 is 1.89 bits per heavy atom. The smallest absolute Gasteiger partial charge is 0.132 e. The van der Waals surface area contributed by atoms with Gasteiger partial charge in [0.1, 0.15) is 5.82 Å². The molecular formula is C16H21N3. The monoisotopic (exact) mass is 255 g/mol. The van der Waals surface area contributed by atoms with Crippen LogP contribution in [-0.4, -0.2) is 16.5 Å². The van der Waals surface area contributed by atoms with E-state index in [2.05, 4.69) is 53.4 Å². The lowest BCUT2D eigenvalue weighted by Gasteiger charge is -2.05. The van der Waals surface area contributed by atoms with Crippen LogP contribution in [0.15, 0.2) is 36.7 Å². The van der Waals surface area contributed by atoms with Crippen molar-refractivity contribution in [2.24, 2.45) is 0 Å². The van der Waals surface area contributed by atoms with Gasteiger partial charge in [0.25, 0.3) is 0 Å². The van der Waals surface area contributed by atoms with Gasteiger partial charge in [-0.2, -0.15) is 0 Å². The minimum atomic E-state index is 0.796. The molecule has 1 N–H and O–H groups in total. The second kappa shape index (κ2) is 7.00. The minimum Gasteiger partial charge on any atom is -0.313 e. The summed E-state index contributed by atoms with van der Waals surface area (Å²) in [5, 5.41) is 3.35. The standard InChI is InChI=1S/C16H21N3/c1-3-7-17-10-15-11-18-16(19-12-15)9-14-6-4-5-13(2)8-14/h4-6,8,11-12,17H,3,7,9-10H2,1-2H3. The molecular weight excluding hydrogens is 234 g/mol. The summed E-state index contributed by atoms with van der Waals surface area (Å²) in [5.41, 5.74) is 3.68. The topological polar surface area (TPSA) is 37.8 Å². The first-order valence-electron chi connectivity index (χ1n) is 6.84. The zero-order valence-corrected chi connectivity index (χ0v) is 11.7. The molecule has 0 saturated heterocycles. The highest BCUT2D eigenvalue weighted by Crippen LogP contribution is 2.08. The van der Waals surface area contributed by atoms with E-state index in [1.807, 2.05) is 12.4 Å². The van der Waals surface area contributed by atoms with E-state index < -0.39 is 0 Å². The Morgan fingerprint density at radius 1 is 1.11 bits per heavy atom. The summed E-state index contributed by atoms with van der Waals surface area (Å²) in [4.78, 5) is 8.86. The van der Waals surface area contributed by atoms with E-state index in [1.54, 1.807) is 0 Å². The first-order valence-corrected chi connectivity index (χ1v) is 6.84. The van der Waals surface area contributed by atoms with Crippen molar-refractivity contribution in [2.75, 3.05) is 6.54 Å². The fraction of sp³-hybridized carbons (Fsp3) is 0.375. The van der Waals surface area contributed by atoms with Gasteiger partial charge in [0.2, 0.25) is 0 Å². The fourth-order valence-electron chi connectivity index (χ4n) is 1.98. The molecule has 0 aliphatic rings. The molecule has 0 amide bonds. The van der Waals surface area contributed by atoms with Crippen molar-refractivity contribution < 1.29 is 0 Å². The van der Waals surface area contributed by atoms with Crippen molar-refractivity contribution in [1.29, 1.82) is 0 Å². The van der Waals surface area contributed by atoms with Crippen LogP contribution in [0.2, 0.25) is 0 Å². The van der Waals surface area contributed by atoms with E-state index in [0.717, 1.165) is 37.3 Å². The van der Waals surface area contributed by atoms with Gasteiger partial charge in [0.15, 0.2) is 0 Å². The lowest BCUT2D eigenvalue weighted by Crippen LogP contribution is -2.14. The summed E-state index contributed by atoms with van der Waals surface area (Å²) in [6, 6.07) is 8.48. The Bertz CT molecular complexity index is 506. The van der Waals surface area contributed by atoms with Gasteiger partial charge in [-0.25, -0.2) is 9.97 Å². The molecule has 2 rings (SSSR count). The summed E-state index contributed by atoms with van der Waals surface area (Å²) in [5.74, 6) is 0.879. The molecule has 0 aliphatic heterocycles. The number of hydrogen-bond donors (Lipinski definition) is 1. The van der Waals surface area contributed by atoms with E-state index in [-0.39, 0.29) is 0 Å². The molecule has 3 nitrogen and oxygen atoms in total. The molecule has 0 saturated carbocycles. The Hall–Kier alpha value is -1.74. The third kappa shape index (κ3) is 4.45. The van der Waals surface area contributed by atoms with Crippen LogP contribution >= 0.6 is 0 Å². The van der Waals surface area contributed by atoms with Gasteiger partial charge in [0, 0.05) is 30.9 Å². The van der Waals surface area contributed by atoms with E-state index >= 15 is 0 Å². The highest BCUT2D eigenvalue weighted by atomic mass is 14.9. The molecule has 0 bridgehead atoms.